The first-order valence-corrected chi connectivity index (χ1v) is 12.0. The number of aromatic nitrogens is 3. The summed E-state index contributed by atoms with van der Waals surface area (Å²) < 4.78 is 2.10. The van der Waals surface area contributed by atoms with E-state index in [1.807, 2.05) is 24.3 Å². The third-order valence-electron chi connectivity index (χ3n) is 5.97. The highest BCUT2D eigenvalue weighted by Gasteiger charge is 2.29. The molecule has 2 heterocycles. The summed E-state index contributed by atoms with van der Waals surface area (Å²) in [5.74, 6) is 1.45. The van der Waals surface area contributed by atoms with E-state index in [0.717, 1.165) is 29.5 Å². The fraction of sp³-hybridized carbons (Fsp3) is 0.400. The lowest BCUT2D eigenvalue weighted by Crippen LogP contribution is -2.48. The number of nitrogens with zero attached hydrogens (tertiary/aromatic N) is 4. The zero-order valence-corrected chi connectivity index (χ0v) is 19.3. The second kappa shape index (κ2) is 9.69. The SMILES string of the molecule is Cc1cccc(-n2c(Cc3ccccc3)nnc2SCC(=O)N2[C@@H](C)CCC[C@@H]2C)c1. The second-order valence-electron chi connectivity index (χ2n) is 8.45. The number of likely N-dealkylation sites (tertiary alicyclic amines) is 1. The number of hydrogen-bond donors (Lipinski definition) is 0. The lowest BCUT2D eigenvalue weighted by atomic mass is 9.98. The van der Waals surface area contributed by atoms with E-state index >= 15 is 0 Å². The molecule has 1 aliphatic heterocycles. The van der Waals surface area contributed by atoms with E-state index < -0.39 is 0 Å². The highest BCUT2D eigenvalue weighted by molar-refractivity contribution is 7.99. The predicted octanol–water partition coefficient (Wildman–Crippen LogP) is 5.05. The number of aryl methyl sites for hydroxylation is 1. The highest BCUT2D eigenvalue weighted by Crippen LogP contribution is 2.27. The van der Waals surface area contributed by atoms with E-state index in [-0.39, 0.29) is 5.91 Å². The van der Waals surface area contributed by atoms with Gasteiger partial charge in [-0.25, -0.2) is 0 Å². The molecule has 31 heavy (non-hydrogen) atoms. The maximum absolute atomic E-state index is 13.0. The van der Waals surface area contributed by atoms with Gasteiger partial charge in [0.1, 0.15) is 5.82 Å². The summed E-state index contributed by atoms with van der Waals surface area (Å²) in [7, 11) is 0. The number of benzene rings is 2. The summed E-state index contributed by atoms with van der Waals surface area (Å²) in [5.41, 5.74) is 3.40. The molecule has 0 bridgehead atoms. The Morgan fingerprint density at radius 3 is 2.48 bits per heavy atom. The van der Waals surface area contributed by atoms with Crippen LogP contribution in [0.15, 0.2) is 59.8 Å². The first kappa shape index (κ1) is 21.6. The Labute approximate surface area is 188 Å². The normalized spacial score (nSPS) is 18.9. The van der Waals surface area contributed by atoms with Gasteiger partial charge in [0.15, 0.2) is 5.16 Å². The fourth-order valence-corrected chi connectivity index (χ4v) is 5.27. The van der Waals surface area contributed by atoms with Gasteiger partial charge in [0.25, 0.3) is 0 Å². The van der Waals surface area contributed by atoms with Crippen LogP contribution in [0.25, 0.3) is 5.69 Å². The number of amides is 1. The van der Waals surface area contributed by atoms with Crippen LogP contribution in [0, 0.1) is 6.92 Å². The Morgan fingerprint density at radius 1 is 1.03 bits per heavy atom. The van der Waals surface area contributed by atoms with Crippen molar-refractivity contribution >= 4 is 17.7 Å². The van der Waals surface area contributed by atoms with Crippen molar-refractivity contribution in [2.75, 3.05) is 5.75 Å². The molecule has 3 aromatic rings. The van der Waals surface area contributed by atoms with E-state index in [9.17, 15) is 4.79 Å². The Kier molecular flexibility index (Phi) is 6.76. The van der Waals surface area contributed by atoms with Crippen molar-refractivity contribution in [3.63, 3.8) is 0 Å². The quantitative estimate of drug-likeness (QED) is 0.510. The fourth-order valence-electron chi connectivity index (χ4n) is 4.43. The lowest BCUT2D eigenvalue weighted by molar-refractivity contribution is -0.134. The van der Waals surface area contributed by atoms with Crippen molar-refractivity contribution in [1.29, 1.82) is 0 Å². The number of rotatable bonds is 6. The molecule has 0 radical (unpaired) electrons. The number of hydrogen-bond acceptors (Lipinski definition) is 4. The third-order valence-corrected chi connectivity index (χ3v) is 6.89. The largest absolute Gasteiger partial charge is 0.337 e. The maximum atomic E-state index is 13.0. The van der Waals surface area contributed by atoms with Crippen molar-refractivity contribution in [3.05, 3.63) is 71.5 Å². The molecule has 1 fully saturated rings. The highest BCUT2D eigenvalue weighted by atomic mass is 32.2. The van der Waals surface area contributed by atoms with E-state index in [2.05, 4.69) is 70.8 Å². The molecule has 1 amide bonds. The second-order valence-corrected chi connectivity index (χ2v) is 9.40. The lowest BCUT2D eigenvalue weighted by Gasteiger charge is -2.39. The molecule has 6 heteroatoms. The molecular formula is C25H30N4OS. The summed E-state index contributed by atoms with van der Waals surface area (Å²) >= 11 is 1.48. The topological polar surface area (TPSA) is 51.0 Å². The average Bonchev–Trinajstić information content (AvgIpc) is 3.15. The van der Waals surface area contributed by atoms with E-state index in [1.54, 1.807) is 0 Å². The monoisotopic (exact) mass is 434 g/mol. The van der Waals surface area contributed by atoms with Gasteiger partial charge in [0, 0.05) is 24.2 Å². The van der Waals surface area contributed by atoms with Gasteiger partial charge in [0.2, 0.25) is 5.91 Å². The zero-order chi connectivity index (χ0) is 21.8. The Balaban J connectivity index is 1.59. The molecule has 0 unspecified atom stereocenters. The third kappa shape index (κ3) is 5.01. The van der Waals surface area contributed by atoms with Gasteiger partial charge in [-0.05, 0) is 63.3 Å². The standard InChI is InChI=1S/C25H30N4OS/c1-18-9-7-14-22(15-18)29-23(16-21-12-5-4-6-13-21)26-27-25(29)31-17-24(30)28-19(2)10-8-11-20(28)3/h4-7,9,12-15,19-20H,8,10-11,16-17H2,1-3H3/t19-,20-/m0/s1. The first-order chi connectivity index (χ1) is 15.0. The van der Waals surface area contributed by atoms with E-state index in [4.69, 9.17) is 0 Å². The van der Waals surface area contributed by atoms with Crippen molar-refractivity contribution in [2.24, 2.45) is 0 Å². The summed E-state index contributed by atoms with van der Waals surface area (Å²) in [6.07, 6.45) is 4.06. The van der Waals surface area contributed by atoms with Crippen LogP contribution in [-0.2, 0) is 11.2 Å². The molecule has 162 valence electrons. The molecule has 1 saturated heterocycles. The molecular weight excluding hydrogens is 404 g/mol. The first-order valence-electron chi connectivity index (χ1n) is 11.0. The maximum Gasteiger partial charge on any atom is 0.233 e. The summed E-state index contributed by atoms with van der Waals surface area (Å²) in [4.78, 5) is 15.1. The molecule has 1 aromatic heterocycles. The predicted molar refractivity (Wildman–Crippen MR) is 126 cm³/mol. The molecule has 0 aliphatic carbocycles. The Morgan fingerprint density at radius 2 is 1.77 bits per heavy atom. The van der Waals surface area contributed by atoms with Gasteiger partial charge in [-0.1, -0.05) is 54.2 Å². The number of piperidine rings is 1. The Hall–Kier alpha value is -2.60. The molecule has 5 nitrogen and oxygen atoms in total. The number of carbonyl (C=O) groups excluding carboxylic acids is 1. The van der Waals surface area contributed by atoms with Crippen molar-refractivity contribution < 1.29 is 4.79 Å². The van der Waals surface area contributed by atoms with E-state index in [0.29, 0.717) is 24.3 Å². The Bertz CT molecular complexity index is 1020. The van der Waals surface area contributed by atoms with Gasteiger partial charge in [-0.2, -0.15) is 0 Å². The van der Waals surface area contributed by atoms with Crippen LogP contribution < -0.4 is 0 Å². The van der Waals surface area contributed by atoms with Gasteiger partial charge in [-0.3, -0.25) is 9.36 Å². The van der Waals surface area contributed by atoms with Crippen LogP contribution in [-0.4, -0.2) is 43.4 Å². The van der Waals surface area contributed by atoms with Crippen LogP contribution in [0.5, 0.6) is 0 Å². The molecule has 2 atom stereocenters. The van der Waals surface area contributed by atoms with E-state index in [1.165, 1.54) is 29.3 Å². The molecule has 0 spiro atoms. The molecule has 2 aromatic carbocycles. The van der Waals surface area contributed by atoms with Gasteiger partial charge < -0.3 is 4.90 Å². The molecule has 0 N–H and O–H groups in total. The minimum Gasteiger partial charge on any atom is -0.337 e. The summed E-state index contributed by atoms with van der Waals surface area (Å²) in [5, 5.41) is 9.75. The van der Waals surface area contributed by atoms with Crippen molar-refractivity contribution in [3.8, 4) is 5.69 Å². The van der Waals surface area contributed by atoms with Crippen LogP contribution in [0.4, 0.5) is 0 Å². The van der Waals surface area contributed by atoms with Crippen molar-refractivity contribution in [2.45, 2.75) is 63.7 Å². The smallest absolute Gasteiger partial charge is 0.233 e. The zero-order valence-electron chi connectivity index (χ0n) is 18.5. The molecule has 1 aliphatic rings. The number of carbonyl (C=O) groups is 1. The molecule has 0 saturated carbocycles. The summed E-state index contributed by atoms with van der Waals surface area (Å²) in [6, 6.07) is 19.3. The average molecular weight is 435 g/mol. The van der Waals surface area contributed by atoms with Gasteiger partial charge >= 0.3 is 0 Å². The van der Waals surface area contributed by atoms with Gasteiger partial charge in [-0.15, -0.1) is 10.2 Å². The van der Waals surface area contributed by atoms with Crippen LogP contribution in [0.1, 0.15) is 50.1 Å². The summed E-state index contributed by atoms with van der Waals surface area (Å²) in [6.45, 7) is 6.40. The minimum atomic E-state index is 0.188. The van der Waals surface area contributed by atoms with Crippen molar-refractivity contribution in [1.82, 2.24) is 19.7 Å². The van der Waals surface area contributed by atoms with Crippen LogP contribution in [0.2, 0.25) is 0 Å². The molecule has 4 rings (SSSR count). The van der Waals surface area contributed by atoms with Crippen LogP contribution >= 0.6 is 11.8 Å². The number of thioether (sulfide) groups is 1. The van der Waals surface area contributed by atoms with Gasteiger partial charge in [0.05, 0.1) is 5.75 Å². The van der Waals surface area contributed by atoms with Crippen LogP contribution in [0.3, 0.4) is 0 Å². The minimum absolute atomic E-state index is 0.188.